The largest absolute Gasteiger partial charge is 0.354 e. The number of halogens is 3. The summed E-state index contributed by atoms with van der Waals surface area (Å²) in [6, 6.07) is 14.1. The Hall–Kier alpha value is -2.47. The number of anilines is 1. The number of para-hydroxylation sites is 1. The molecule has 1 saturated heterocycles. The van der Waals surface area contributed by atoms with E-state index in [0.717, 1.165) is 0 Å². The Bertz CT molecular complexity index is 1000. The molecule has 1 aromatic heterocycles. The Morgan fingerprint density at radius 1 is 1.12 bits per heavy atom. The Morgan fingerprint density at radius 2 is 1.88 bits per heavy atom. The Balaban J connectivity index is 1.98. The van der Waals surface area contributed by atoms with Crippen LogP contribution < -0.4 is 10.6 Å². The van der Waals surface area contributed by atoms with Crippen LogP contribution in [-0.4, -0.2) is 28.6 Å². The molecule has 0 radical (unpaired) electrons. The van der Waals surface area contributed by atoms with Gasteiger partial charge in [0.25, 0.3) is 5.92 Å². The average Bonchev–Trinajstić information content (AvgIpc) is 2.94. The van der Waals surface area contributed by atoms with Crippen molar-refractivity contribution in [3.05, 3.63) is 64.0 Å². The molecule has 0 unspecified atom stereocenters. The fourth-order valence-electron chi connectivity index (χ4n) is 3.17. The zero-order chi connectivity index (χ0) is 17.6. The van der Waals surface area contributed by atoms with Crippen LogP contribution in [0.3, 0.4) is 0 Å². The van der Waals surface area contributed by atoms with Gasteiger partial charge in [-0.15, -0.1) is 0 Å². The number of hydrogen-bond donors (Lipinski definition) is 0. The molecule has 1 aliphatic heterocycles. The maximum atomic E-state index is 13.6. The van der Waals surface area contributed by atoms with E-state index in [1.54, 1.807) is 30.3 Å². The van der Waals surface area contributed by atoms with Crippen LogP contribution in [0.4, 0.5) is 14.6 Å². The van der Waals surface area contributed by atoms with Crippen LogP contribution in [0.2, 0.25) is 5.02 Å². The predicted molar refractivity (Wildman–Crippen MR) is 94.1 cm³/mol. The van der Waals surface area contributed by atoms with E-state index in [2.05, 4.69) is 4.98 Å². The van der Waals surface area contributed by atoms with Crippen molar-refractivity contribution in [3.63, 3.8) is 0 Å². The topological polar surface area (TPSA) is 38.1 Å². The molecule has 0 amide bonds. The summed E-state index contributed by atoms with van der Waals surface area (Å²) < 4.78 is 28.7. The maximum Gasteiger partial charge on any atom is 0.354 e. The van der Waals surface area contributed by atoms with E-state index in [1.807, 2.05) is 18.2 Å². The minimum Gasteiger partial charge on any atom is -0.350 e. The van der Waals surface area contributed by atoms with Gasteiger partial charge in [-0.1, -0.05) is 29.8 Å². The van der Waals surface area contributed by atoms with Gasteiger partial charge in [0.2, 0.25) is 0 Å². The third kappa shape index (κ3) is 2.87. The molecule has 2 aromatic carbocycles. The Kier molecular flexibility index (Phi) is 3.72. The monoisotopic (exact) mass is 361 g/mol. The first kappa shape index (κ1) is 16.0. The van der Waals surface area contributed by atoms with Gasteiger partial charge in [-0.05, 0) is 30.3 Å². The molecular weight excluding hydrogens is 348 g/mol. The highest BCUT2D eigenvalue weighted by Crippen LogP contribution is 2.34. The second kappa shape index (κ2) is 5.81. The lowest BCUT2D eigenvalue weighted by atomic mass is 10.2. The van der Waals surface area contributed by atoms with Gasteiger partial charge in [0.05, 0.1) is 17.7 Å². The third-order valence-corrected chi connectivity index (χ3v) is 4.55. The zero-order valence-electron chi connectivity index (χ0n) is 13.1. The summed E-state index contributed by atoms with van der Waals surface area (Å²) in [7, 11) is 0. The summed E-state index contributed by atoms with van der Waals surface area (Å²) in [5.74, 6) is -2.49. The minimum atomic E-state index is -2.77. The second-order valence-corrected chi connectivity index (χ2v) is 6.51. The number of benzene rings is 2. The lowest BCUT2D eigenvalue weighted by Crippen LogP contribution is -2.30. The first-order chi connectivity index (χ1) is 11.9. The number of alkyl halides is 2. The Labute approximate surface area is 147 Å². The molecule has 4 rings (SSSR count). The van der Waals surface area contributed by atoms with Crippen LogP contribution in [0.15, 0.2) is 53.3 Å². The minimum absolute atomic E-state index is 0.159. The first-order valence-corrected chi connectivity index (χ1v) is 8.23. The van der Waals surface area contributed by atoms with Gasteiger partial charge in [0.1, 0.15) is 5.82 Å². The highest BCUT2D eigenvalue weighted by Gasteiger charge is 2.39. The van der Waals surface area contributed by atoms with Crippen molar-refractivity contribution < 1.29 is 8.78 Å². The molecule has 0 aliphatic carbocycles. The molecule has 0 atom stereocenters. The van der Waals surface area contributed by atoms with E-state index in [1.165, 1.54) is 9.47 Å². The first-order valence-electron chi connectivity index (χ1n) is 7.85. The standard InChI is InChI=1S/C18H14ClF2N3O/c19-12-6-7-14-15(10-12)24(13-4-2-1-3-5-13)17(25)22-16(14)23-9-8-18(20,21)11-23/h1-7,10H,8-9,11H2. The molecule has 4 nitrogen and oxygen atoms in total. The number of fused-ring (bicyclic) bond motifs is 1. The zero-order valence-corrected chi connectivity index (χ0v) is 13.9. The SMILES string of the molecule is O=c1nc(N2CCC(F)(F)C2)c2ccc(Cl)cc2n1-c1ccccc1. The van der Waals surface area contributed by atoms with E-state index < -0.39 is 18.2 Å². The van der Waals surface area contributed by atoms with Crippen LogP contribution >= 0.6 is 11.6 Å². The smallest absolute Gasteiger partial charge is 0.350 e. The molecule has 1 aliphatic rings. The quantitative estimate of drug-likeness (QED) is 0.695. The molecule has 3 aromatic rings. The van der Waals surface area contributed by atoms with Crippen molar-refractivity contribution in [3.8, 4) is 5.69 Å². The summed E-state index contributed by atoms with van der Waals surface area (Å²) in [5.41, 5.74) is 0.667. The van der Waals surface area contributed by atoms with Crippen molar-refractivity contribution in [1.82, 2.24) is 9.55 Å². The fraction of sp³-hybridized carbons (Fsp3) is 0.222. The molecule has 0 spiro atoms. The van der Waals surface area contributed by atoms with Gasteiger partial charge in [0.15, 0.2) is 0 Å². The van der Waals surface area contributed by atoms with E-state index in [4.69, 9.17) is 11.6 Å². The summed E-state index contributed by atoms with van der Waals surface area (Å²) in [6.45, 7) is -0.279. The lowest BCUT2D eigenvalue weighted by molar-refractivity contribution is 0.0257. The van der Waals surface area contributed by atoms with Gasteiger partial charge < -0.3 is 4.90 Å². The molecule has 0 N–H and O–H groups in total. The number of hydrogen-bond acceptors (Lipinski definition) is 3. The van der Waals surface area contributed by atoms with Crippen molar-refractivity contribution in [1.29, 1.82) is 0 Å². The summed E-state index contributed by atoms with van der Waals surface area (Å²) >= 11 is 6.12. The molecule has 1 fully saturated rings. The summed E-state index contributed by atoms with van der Waals surface area (Å²) in [6.07, 6.45) is -0.245. The summed E-state index contributed by atoms with van der Waals surface area (Å²) in [5, 5.41) is 1.08. The van der Waals surface area contributed by atoms with Gasteiger partial charge in [-0.25, -0.2) is 13.6 Å². The molecule has 25 heavy (non-hydrogen) atoms. The molecule has 7 heteroatoms. The van der Waals surface area contributed by atoms with Crippen molar-refractivity contribution in [2.45, 2.75) is 12.3 Å². The van der Waals surface area contributed by atoms with Gasteiger partial charge in [-0.3, -0.25) is 4.57 Å². The molecule has 128 valence electrons. The lowest BCUT2D eigenvalue weighted by Gasteiger charge is -2.20. The average molecular weight is 362 g/mol. The molecular formula is C18H14ClF2N3O. The number of rotatable bonds is 2. The van der Waals surface area contributed by atoms with Crippen LogP contribution in [-0.2, 0) is 0 Å². The van der Waals surface area contributed by atoms with Gasteiger partial charge in [0, 0.05) is 23.4 Å². The molecule has 0 saturated carbocycles. The van der Waals surface area contributed by atoms with E-state index in [9.17, 15) is 13.6 Å². The van der Waals surface area contributed by atoms with Crippen molar-refractivity contribution in [2.24, 2.45) is 0 Å². The molecule has 2 heterocycles. The van der Waals surface area contributed by atoms with Gasteiger partial charge in [-0.2, -0.15) is 4.98 Å². The van der Waals surface area contributed by atoms with Crippen LogP contribution in [0.25, 0.3) is 16.6 Å². The van der Waals surface area contributed by atoms with Crippen LogP contribution in [0.1, 0.15) is 6.42 Å². The predicted octanol–water partition coefficient (Wildman–Crippen LogP) is 3.88. The maximum absolute atomic E-state index is 13.6. The van der Waals surface area contributed by atoms with E-state index in [0.29, 0.717) is 21.6 Å². The van der Waals surface area contributed by atoms with Crippen molar-refractivity contribution in [2.75, 3.05) is 18.0 Å². The van der Waals surface area contributed by atoms with E-state index >= 15 is 0 Å². The highest BCUT2D eigenvalue weighted by molar-refractivity contribution is 6.31. The van der Waals surface area contributed by atoms with Crippen LogP contribution in [0, 0.1) is 0 Å². The fourth-order valence-corrected chi connectivity index (χ4v) is 3.33. The second-order valence-electron chi connectivity index (χ2n) is 6.08. The molecule has 0 bridgehead atoms. The highest BCUT2D eigenvalue weighted by atomic mass is 35.5. The van der Waals surface area contributed by atoms with Gasteiger partial charge >= 0.3 is 5.69 Å². The number of aromatic nitrogens is 2. The van der Waals surface area contributed by atoms with Crippen LogP contribution in [0.5, 0.6) is 0 Å². The normalized spacial score (nSPS) is 16.5. The number of nitrogens with zero attached hydrogens (tertiary/aromatic N) is 3. The van der Waals surface area contributed by atoms with Crippen molar-refractivity contribution >= 4 is 28.3 Å². The third-order valence-electron chi connectivity index (χ3n) is 4.32. The summed E-state index contributed by atoms with van der Waals surface area (Å²) in [4.78, 5) is 18.3. The Morgan fingerprint density at radius 3 is 2.56 bits per heavy atom. The van der Waals surface area contributed by atoms with E-state index in [-0.39, 0.29) is 18.8 Å².